The molecule has 0 bridgehead atoms. The number of nitrogens with zero attached hydrogens (tertiary/aromatic N) is 1. The largest absolute Gasteiger partial charge is 0.493 e. The summed E-state index contributed by atoms with van der Waals surface area (Å²) in [5, 5.41) is 6.34. The number of pyridine rings is 1. The van der Waals surface area contributed by atoms with Crippen LogP contribution in [-0.4, -0.2) is 31.2 Å². The standard InChI is InChI=1S/C21H27N3O3/c1-26-18-10-7-15(13-19(18)27-2)8-12-21(25)24-20-11-9-17(14-22-20)23-16-5-3-4-6-16/h7,9-11,13-14,16,23H,3-6,8,12H2,1-2H3,(H,22,24,25). The van der Waals surface area contributed by atoms with Crippen molar-refractivity contribution in [2.45, 2.75) is 44.6 Å². The summed E-state index contributed by atoms with van der Waals surface area (Å²) < 4.78 is 10.5. The third-order valence-corrected chi connectivity index (χ3v) is 4.85. The van der Waals surface area contributed by atoms with Crippen LogP contribution >= 0.6 is 0 Å². The number of carbonyl (C=O) groups is 1. The molecule has 3 rings (SSSR count). The van der Waals surface area contributed by atoms with Gasteiger partial charge in [0.1, 0.15) is 5.82 Å². The van der Waals surface area contributed by atoms with E-state index in [0.29, 0.717) is 36.2 Å². The van der Waals surface area contributed by atoms with Crippen LogP contribution in [0.5, 0.6) is 11.5 Å². The highest BCUT2D eigenvalue weighted by atomic mass is 16.5. The smallest absolute Gasteiger partial charge is 0.225 e. The second-order valence-electron chi connectivity index (χ2n) is 6.80. The Morgan fingerprint density at radius 2 is 1.89 bits per heavy atom. The van der Waals surface area contributed by atoms with Gasteiger partial charge in [0.15, 0.2) is 11.5 Å². The zero-order valence-corrected chi connectivity index (χ0v) is 16.0. The third kappa shape index (κ3) is 5.36. The van der Waals surface area contributed by atoms with Crippen molar-refractivity contribution >= 4 is 17.4 Å². The molecule has 1 aliphatic carbocycles. The van der Waals surface area contributed by atoms with Gasteiger partial charge in [0, 0.05) is 12.5 Å². The number of amides is 1. The molecule has 1 aromatic carbocycles. The zero-order chi connectivity index (χ0) is 19.1. The number of anilines is 2. The van der Waals surface area contributed by atoms with Gasteiger partial charge < -0.3 is 20.1 Å². The molecule has 0 atom stereocenters. The Morgan fingerprint density at radius 3 is 2.56 bits per heavy atom. The van der Waals surface area contributed by atoms with E-state index in [4.69, 9.17) is 9.47 Å². The van der Waals surface area contributed by atoms with Crippen molar-refractivity contribution in [2.75, 3.05) is 24.9 Å². The van der Waals surface area contributed by atoms with Crippen molar-refractivity contribution in [1.82, 2.24) is 4.98 Å². The predicted octanol–water partition coefficient (Wildman–Crippen LogP) is 4.02. The Morgan fingerprint density at radius 1 is 1.11 bits per heavy atom. The molecule has 27 heavy (non-hydrogen) atoms. The van der Waals surface area contributed by atoms with E-state index in [9.17, 15) is 4.79 Å². The van der Waals surface area contributed by atoms with Crippen LogP contribution in [-0.2, 0) is 11.2 Å². The van der Waals surface area contributed by atoms with E-state index in [1.54, 1.807) is 20.4 Å². The summed E-state index contributed by atoms with van der Waals surface area (Å²) in [5.74, 6) is 1.86. The first kappa shape index (κ1) is 19.0. The molecule has 2 N–H and O–H groups in total. The minimum atomic E-state index is -0.0613. The summed E-state index contributed by atoms with van der Waals surface area (Å²) in [4.78, 5) is 16.5. The predicted molar refractivity (Wildman–Crippen MR) is 107 cm³/mol. The number of nitrogens with one attached hydrogen (secondary N) is 2. The van der Waals surface area contributed by atoms with Crippen molar-refractivity contribution in [3.05, 3.63) is 42.1 Å². The summed E-state index contributed by atoms with van der Waals surface area (Å²) in [7, 11) is 3.21. The fourth-order valence-corrected chi connectivity index (χ4v) is 3.36. The van der Waals surface area contributed by atoms with Crippen molar-refractivity contribution in [2.24, 2.45) is 0 Å². The molecule has 0 unspecified atom stereocenters. The van der Waals surface area contributed by atoms with E-state index in [-0.39, 0.29) is 5.91 Å². The first-order valence-electron chi connectivity index (χ1n) is 9.41. The van der Waals surface area contributed by atoms with Crippen molar-refractivity contribution in [3.63, 3.8) is 0 Å². The number of carbonyl (C=O) groups excluding carboxylic acids is 1. The van der Waals surface area contributed by atoms with Gasteiger partial charge in [0.25, 0.3) is 0 Å². The molecule has 6 nitrogen and oxygen atoms in total. The Kier molecular flexibility index (Phi) is 6.52. The molecule has 0 aliphatic heterocycles. The molecule has 144 valence electrons. The Labute approximate surface area is 160 Å². The highest BCUT2D eigenvalue weighted by Crippen LogP contribution is 2.28. The molecule has 1 saturated carbocycles. The summed E-state index contributed by atoms with van der Waals surface area (Å²) in [6, 6.07) is 10.0. The molecule has 1 aliphatic rings. The molecule has 0 spiro atoms. The topological polar surface area (TPSA) is 72.5 Å². The Hall–Kier alpha value is -2.76. The third-order valence-electron chi connectivity index (χ3n) is 4.85. The number of methoxy groups -OCH3 is 2. The average Bonchev–Trinajstić information content (AvgIpc) is 3.20. The number of aryl methyl sites for hydroxylation is 1. The lowest BCUT2D eigenvalue weighted by Crippen LogP contribution is -2.15. The second kappa shape index (κ2) is 9.26. The SMILES string of the molecule is COc1ccc(CCC(=O)Nc2ccc(NC3CCCC3)cn2)cc1OC. The van der Waals surface area contributed by atoms with Crippen molar-refractivity contribution in [3.8, 4) is 11.5 Å². The van der Waals surface area contributed by atoms with Crippen LogP contribution in [0.2, 0.25) is 0 Å². The number of ether oxygens (including phenoxy) is 2. The molecule has 1 heterocycles. The molecule has 6 heteroatoms. The molecule has 0 radical (unpaired) electrons. The number of rotatable bonds is 8. The molecule has 0 saturated heterocycles. The second-order valence-corrected chi connectivity index (χ2v) is 6.80. The summed E-state index contributed by atoms with van der Waals surface area (Å²) in [6.45, 7) is 0. The van der Waals surface area contributed by atoms with Crippen LogP contribution in [0.1, 0.15) is 37.7 Å². The van der Waals surface area contributed by atoms with Gasteiger partial charge in [-0.25, -0.2) is 4.98 Å². The fraction of sp³-hybridized carbons (Fsp3) is 0.429. The van der Waals surface area contributed by atoms with E-state index in [2.05, 4.69) is 15.6 Å². The molecular weight excluding hydrogens is 342 g/mol. The minimum Gasteiger partial charge on any atom is -0.493 e. The van der Waals surface area contributed by atoms with Crippen LogP contribution in [0.15, 0.2) is 36.5 Å². The number of aromatic nitrogens is 1. The van der Waals surface area contributed by atoms with Crippen LogP contribution < -0.4 is 20.1 Å². The van der Waals surface area contributed by atoms with Crippen molar-refractivity contribution < 1.29 is 14.3 Å². The highest BCUT2D eigenvalue weighted by molar-refractivity contribution is 5.90. The Balaban J connectivity index is 1.48. The van der Waals surface area contributed by atoms with Gasteiger partial charge >= 0.3 is 0 Å². The minimum absolute atomic E-state index is 0.0613. The lowest BCUT2D eigenvalue weighted by atomic mass is 10.1. The van der Waals surface area contributed by atoms with Gasteiger partial charge in [-0.05, 0) is 49.1 Å². The van der Waals surface area contributed by atoms with Crippen molar-refractivity contribution in [1.29, 1.82) is 0 Å². The fourth-order valence-electron chi connectivity index (χ4n) is 3.36. The van der Waals surface area contributed by atoms with Crippen LogP contribution in [0, 0.1) is 0 Å². The van der Waals surface area contributed by atoms with Crippen LogP contribution in [0.3, 0.4) is 0 Å². The van der Waals surface area contributed by atoms with Gasteiger partial charge in [0.2, 0.25) is 5.91 Å². The zero-order valence-electron chi connectivity index (χ0n) is 16.0. The summed E-state index contributed by atoms with van der Waals surface area (Å²) in [5.41, 5.74) is 2.03. The van der Waals surface area contributed by atoms with Gasteiger partial charge in [-0.15, -0.1) is 0 Å². The average molecular weight is 369 g/mol. The van der Waals surface area contributed by atoms with Crippen LogP contribution in [0.4, 0.5) is 11.5 Å². The summed E-state index contributed by atoms with van der Waals surface area (Å²) >= 11 is 0. The van der Waals surface area contributed by atoms with Crippen LogP contribution in [0.25, 0.3) is 0 Å². The lowest BCUT2D eigenvalue weighted by Gasteiger charge is -2.13. The molecule has 1 aromatic heterocycles. The van der Waals surface area contributed by atoms with E-state index < -0.39 is 0 Å². The first-order valence-corrected chi connectivity index (χ1v) is 9.41. The molecule has 1 amide bonds. The van der Waals surface area contributed by atoms with E-state index in [0.717, 1.165) is 11.3 Å². The quantitative estimate of drug-likeness (QED) is 0.735. The maximum Gasteiger partial charge on any atom is 0.225 e. The number of hydrogen-bond donors (Lipinski definition) is 2. The van der Waals surface area contributed by atoms with E-state index in [1.165, 1.54) is 25.7 Å². The maximum absolute atomic E-state index is 12.2. The van der Waals surface area contributed by atoms with Gasteiger partial charge in [-0.1, -0.05) is 18.9 Å². The lowest BCUT2D eigenvalue weighted by molar-refractivity contribution is -0.116. The summed E-state index contributed by atoms with van der Waals surface area (Å²) in [6.07, 6.45) is 7.79. The van der Waals surface area contributed by atoms with Gasteiger partial charge in [-0.3, -0.25) is 4.79 Å². The number of benzene rings is 1. The first-order chi connectivity index (χ1) is 13.2. The maximum atomic E-state index is 12.2. The monoisotopic (exact) mass is 369 g/mol. The van der Waals surface area contributed by atoms with E-state index >= 15 is 0 Å². The van der Waals surface area contributed by atoms with E-state index in [1.807, 2.05) is 30.3 Å². The normalized spacial score (nSPS) is 14.0. The number of hydrogen-bond acceptors (Lipinski definition) is 5. The van der Waals surface area contributed by atoms with Gasteiger partial charge in [0.05, 0.1) is 26.1 Å². The Bertz CT molecular complexity index is 756. The molecule has 1 fully saturated rings. The van der Waals surface area contributed by atoms with Gasteiger partial charge in [-0.2, -0.15) is 0 Å². The highest BCUT2D eigenvalue weighted by Gasteiger charge is 2.14. The molecule has 2 aromatic rings. The molecular formula is C21H27N3O3.